The highest BCUT2D eigenvalue weighted by molar-refractivity contribution is 6.11. The molecule has 0 aliphatic carbocycles. The number of methoxy groups -OCH3 is 1. The van der Waals surface area contributed by atoms with Gasteiger partial charge in [-0.25, -0.2) is 0 Å². The van der Waals surface area contributed by atoms with Crippen LogP contribution in [0.1, 0.15) is 20.7 Å². The Morgan fingerprint density at radius 1 is 1.09 bits per heavy atom. The van der Waals surface area contributed by atoms with E-state index in [9.17, 15) is 9.59 Å². The van der Waals surface area contributed by atoms with Crippen LogP contribution in [0.5, 0.6) is 5.75 Å². The summed E-state index contributed by atoms with van der Waals surface area (Å²) in [5.74, 6) is -0.214. The molecule has 2 aromatic carbocycles. The molecule has 0 aliphatic heterocycles. The lowest BCUT2D eigenvalue weighted by atomic mass is 10.1. The molecule has 0 aliphatic rings. The normalized spacial score (nSPS) is 10.6. The lowest BCUT2D eigenvalue weighted by Gasteiger charge is -2.06. The molecule has 5 heteroatoms. The van der Waals surface area contributed by atoms with Crippen LogP contribution >= 0.6 is 0 Å². The Kier molecular flexibility index (Phi) is 3.39. The Hall–Kier alpha value is -3.08. The van der Waals surface area contributed by atoms with Gasteiger partial charge in [0.25, 0.3) is 11.8 Å². The zero-order valence-electron chi connectivity index (χ0n) is 11.9. The van der Waals surface area contributed by atoms with Crippen LogP contribution in [0.2, 0.25) is 0 Å². The second kappa shape index (κ2) is 5.37. The quantitative estimate of drug-likeness (QED) is 0.806. The third kappa shape index (κ3) is 2.22. The van der Waals surface area contributed by atoms with E-state index >= 15 is 0 Å². The number of amides is 1. The summed E-state index contributed by atoms with van der Waals surface area (Å²) in [6.45, 7) is 0. The number of hydrogen-bond acceptors (Lipinski definition) is 3. The van der Waals surface area contributed by atoms with E-state index in [2.05, 4.69) is 0 Å². The van der Waals surface area contributed by atoms with Crippen molar-refractivity contribution < 1.29 is 14.3 Å². The van der Waals surface area contributed by atoms with Crippen molar-refractivity contribution in [3.63, 3.8) is 0 Å². The Balaban J connectivity index is 2.17. The van der Waals surface area contributed by atoms with Crippen LogP contribution in [-0.2, 0) is 0 Å². The van der Waals surface area contributed by atoms with Crippen molar-refractivity contribution in [1.82, 2.24) is 4.57 Å². The van der Waals surface area contributed by atoms with Gasteiger partial charge in [-0.15, -0.1) is 0 Å². The lowest BCUT2D eigenvalue weighted by molar-refractivity contribution is 0.0964. The number of fused-ring (bicyclic) bond motifs is 1. The van der Waals surface area contributed by atoms with E-state index in [-0.39, 0.29) is 5.91 Å². The summed E-state index contributed by atoms with van der Waals surface area (Å²) in [5, 5.41) is 0.659. The van der Waals surface area contributed by atoms with Crippen LogP contribution in [0.15, 0.2) is 54.7 Å². The zero-order valence-corrected chi connectivity index (χ0v) is 11.9. The lowest BCUT2D eigenvalue weighted by Crippen LogP contribution is -2.12. The van der Waals surface area contributed by atoms with E-state index in [0.29, 0.717) is 27.8 Å². The minimum Gasteiger partial charge on any atom is -0.497 e. The van der Waals surface area contributed by atoms with Gasteiger partial charge in [-0.05, 0) is 24.3 Å². The Morgan fingerprint density at radius 2 is 1.86 bits per heavy atom. The molecule has 1 heterocycles. The maximum absolute atomic E-state index is 12.7. The number of nitrogens with two attached hydrogens (primary N) is 1. The monoisotopic (exact) mass is 294 g/mol. The number of nitrogens with zero attached hydrogens (tertiary/aromatic N) is 1. The maximum Gasteiger partial charge on any atom is 0.262 e. The van der Waals surface area contributed by atoms with Crippen LogP contribution in [0.4, 0.5) is 0 Å². The van der Waals surface area contributed by atoms with Gasteiger partial charge >= 0.3 is 0 Å². The van der Waals surface area contributed by atoms with E-state index in [0.717, 1.165) is 0 Å². The molecule has 0 fully saturated rings. The third-order valence-electron chi connectivity index (χ3n) is 3.51. The molecule has 0 spiro atoms. The van der Waals surface area contributed by atoms with Gasteiger partial charge in [-0.2, -0.15) is 0 Å². The average molecular weight is 294 g/mol. The molecule has 22 heavy (non-hydrogen) atoms. The summed E-state index contributed by atoms with van der Waals surface area (Å²) in [5.41, 5.74) is 6.83. The minimum absolute atomic E-state index is 0.248. The van der Waals surface area contributed by atoms with Gasteiger partial charge in [0.05, 0.1) is 18.2 Å². The molecular formula is C17H14N2O3. The van der Waals surface area contributed by atoms with Crippen molar-refractivity contribution in [3.05, 3.63) is 65.9 Å². The van der Waals surface area contributed by atoms with Crippen LogP contribution in [0.3, 0.4) is 0 Å². The molecular weight excluding hydrogens is 280 g/mol. The van der Waals surface area contributed by atoms with E-state index < -0.39 is 5.91 Å². The van der Waals surface area contributed by atoms with Gasteiger partial charge in [0.15, 0.2) is 0 Å². The first kappa shape index (κ1) is 13.9. The van der Waals surface area contributed by atoms with Gasteiger partial charge in [-0.3, -0.25) is 14.2 Å². The largest absolute Gasteiger partial charge is 0.497 e. The maximum atomic E-state index is 12.7. The van der Waals surface area contributed by atoms with Crippen molar-refractivity contribution in [1.29, 1.82) is 0 Å². The number of rotatable bonds is 3. The fraction of sp³-hybridized carbons (Fsp3) is 0.0588. The molecule has 1 amide bonds. The van der Waals surface area contributed by atoms with Crippen molar-refractivity contribution in [2.24, 2.45) is 5.73 Å². The molecule has 0 radical (unpaired) electrons. The molecule has 0 saturated carbocycles. The predicted molar refractivity (Wildman–Crippen MR) is 83.2 cm³/mol. The summed E-state index contributed by atoms with van der Waals surface area (Å²) >= 11 is 0. The first-order valence-electron chi connectivity index (χ1n) is 6.70. The minimum atomic E-state index is -0.562. The average Bonchev–Trinajstić information content (AvgIpc) is 2.94. The van der Waals surface area contributed by atoms with E-state index in [1.807, 2.05) is 6.07 Å². The highest BCUT2D eigenvalue weighted by Crippen LogP contribution is 2.23. The zero-order chi connectivity index (χ0) is 15.7. The van der Waals surface area contributed by atoms with Crippen molar-refractivity contribution in [2.45, 2.75) is 0 Å². The summed E-state index contributed by atoms with van der Waals surface area (Å²) in [6.07, 6.45) is 1.48. The SMILES string of the molecule is COc1cccc(C(=O)n2cc(C(N)=O)c3ccccc32)c1. The van der Waals surface area contributed by atoms with Gasteiger partial charge < -0.3 is 10.5 Å². The molecule has 0 bridgehead atoms. The fourth-order valence-corrected chi connectivity index (χ4v) is 2.44. The number of hydrogen-bond donors (Lipinski definition) is 1. The van der Waals surface area contributed by atoms with Crippen molar-refractivity contribution >= 4 is 22.7 Å². The highest BCUT2D eigenvalue weighted by Gasteiger charge is 2.17. The number of benzene rings is 2. The van der Waals surface area contributed by atoms with E-state index in [1.165, 1.54) is 10.8 Å². The Labute approximate surface area is 126 Å². The number of carbonyl (C=O) groups is 2. The molecule has 5 nitrogen and oxygen atoms in total. The Morgan fingerprint density at radius 3 is 2.59 bits per heavy atom. The molecule has 110 valence electrons. The summed E-state index contributed by atoms with van der Waals surface area (Å²) in [6, 6.07) is 14.0. The molecule has 0 unspecified atom stereocenters. The molecule has 3 rings (SSSR count). The molecule has 0 atom stereocenters. The van der Waals surface area contributed by atoms with Gasteiger partial charge in [-0.1, -0.05) is 24.3 Å². The number of aromatic nitrogens is 1. The second-order valence-electron chi connectivity index (χ2n) is 4.83. The molecule has 1 aromatic heterocycles. The third-order valence-corrected chi connectivity index (χ3v) is 3.51. The first-order valence-corrected chi connectivity index (χ1v) is 6.70. The summed E-state index contributed by atoms with van der Waals surface area (Å²) < 4.78 is 6.57. The molecule has 3 aromatic rings. The summed E-state index contributed by atoms with van der Waals surface area (Å²) in [4.78, 5) is 24.3. The molecule has 2 N–H and O–H groups in total. The van der Waals surface area contributed by atoms with Gasteiger partial charge in [0.1, 0.15) is 5.75 Å². The smallest absolute Gasteiger partial charge is 0.262 e. The number of ether oxygens (including phenoxy) is 1. The van der Waals surface area contributed by atoms with Crippen LogP contribution in [-0.4, -0.2) is 23.5 Å². The topological polar surface area (TPSA) is 74.3 Å². The van der Waals surface area contributed by atoms with Crippen molar-refractivity contribution in [2.75, 3.05) is 7.11 Å². The highest BCUT2D eigenvalue weighted by atomic mass is 16.5. The second-order valence-corrected chi connectivity index (χ2v) is 4.83. The van der Waals surface area contributed by atoms with Gasteiger partial charge in [0.2, 0.25) is 0 Å². The predicted octanol–water partition coefficient (Wildman–Crippen LogP) is 2.44. The van der Waals surface area contributed by atoms with E-state index in [4.69, 9.17) is 10.5 Å². The number of primary amides is 1. The number of para-hydroxylation sites is 1. The standard InChI is InChI=1S/C17H14N2O3/c1-22-12-6-4-5-11(9-12)17(21)19-10-14(16(18)20)13-7-2-3-8-15(13)19/h2-10H,1H3,(H2,18,20). The fourth-order valence-electron chi connectivity index (χ4n) is 2.44. The van der Waals surface area contributed by atoms with Crippen molar-refractivity contribution in [3.8, 4) is 5.75 Å². The first-order chi connectivity index (χ1) is 10.6. The van der Waals surface area contributed by atoms with Gasteiger partial charge in [0, 0.05) is 17.1 Å². The van der Waals surface area contributed by atoms with Crippen LogP contribution in [0, 0.1) is 0 Å². The van der Waals surface area contributed by atoms with Crippen LogP contribution in [0.25, 0.3) is 10.9 Å². The summed E-state index contributed by atoms with van der Waals surface area (Å²) in [7, 11) is 1.54. The van der Waals surface area contributed by atoms with Crippen LogP contribution < -0.4 is 10.5 Å². The Bertz CT molecular complexity index is 880. The number of carbonyl (C=O) groups excluding carboxylic acids is 2. The van der Waals surface area contributed by atoms with E-state index in [1.54, 1.807) is 49.6 Å². The molecule has 0 saturated heterocycles.